The Hall–Kier alpha value is -2.17. The van der Waals surface area contributed by atoms with Crippen molar-refractivity contribution in [1.82, 2.24) is 0 Å². The summed E-state index contributed by atoms with van der Waals surface area (Å²) in [6.07, 6.45) is 8.31. The molecule has 0 bridgehead atoms. The van der Waals surface area contributed by atoms with Crippen molar-refractivity contribution in [3.8, 4) is 0 Å². The van der Waals surface area contributed by atoms with Gasteiger partial charge in [0, 0.05) is 11.6 Å². The zero-order valence-corrected chi connectivity index (χ0v) is 12.1. The molecule has 1 N–H and O–H groups in total. The van der Waals surface area contributed by atoms with Gasteiger partial charge in [0.2, 0.25) is 0 Å². The van der Waals surface area contributed by atoms with Gasteiger partial charge in [-0.3, -0.25) is 10.1 Å². The predicted octanol–water partition coefficient (Wildman–Crippen LogP) is 4.36. The maximum Gasteiger partial charge on any atom is 0.336 e. The first kappa shape index (κ1) is 16.9. The molecule has 21 heavy (non-hydrogen) atoms. The molecular formula is C16H21NO4. The Morgan fingerprint density at radius 1 is 1.24 bits per heavy atom. The lowest BCUT2D eigenvalue weighted by molar-refractivity contribution is -0.385. The molecule has 0 aliphatic rings. The molecule has 0 aliphatic heterocycles. The average molecular weight is 291 g/mol. The molecule has 0 saturated carbocycles. The van der Waals surface area contributed by atoms with Crippen molar-refractivity contribution in [3.05, 3.63) is 52.1 Å². The van der Waals surface area contributed by atoms with Crippen LogP contribution in [0.1, 0.15) is 54.4 Å². The quantitative estimate of drug-likeness (QED) is 0.300. The molecule has 0 atom stereocenters. The molecule has 5 nitrogen and oxygen atoms in total. The number of aromatic carboxylic acids is 1. The number of nitro benzene ring substituents is 1. The third-order valence-corrected chi connectivity index (χ3v) is 3.41. The average Bonchev–Trinajstić information content (AvgIpc) is 2.45. The van der Waals surface area contributed by atoms with Gasteiger partial charge in [-0.2, -0.15) is 0 Å². The lowest BCUT2D eigenvalue weighted by Gasteiger charge is -2.07. The van der Waals surface area contributed by atoms with Crippen LogP contribution in [-0.2, 0) is 6.42 Å². The maximum atomic E-state index is 11.2. The topological polar surface area (TPSA) is 80.4 Å². The van der Waals surface area contributed by atoms with Crippen LogP contribution in [0.15, 0.2) is 30.9 Å². The Balaban J connectivity index is 2.62. The molecule has 0 aromatic heterocycles. The van der Waals surface area contributed by atoms with Crippen molar-refractivity contribution in [3.63, 3.8) is 0 Å². The van der Waals surface area contributed by atoms with Crippen LogP contribution < -0.4 is 0 Å². The molecular weight excluding hydrogens is 270 g/mol. The van der Waals surface area contributed by atoms with E-state index < -0.39 is 10.9 Å². The van der Waals surface area contributed by atoms with Gasteiger partial charge in [-0.05, 0) is 31.7 Å². The van der Waals surface area contributed by atoms with Gasteiger partial charge in [0.15, 0.2) is 0 Å². The Morgan fingerprint density at radius 2 is 1.90 bits per heavy atom. The molecule has 1 aromatic rings. The Morgan fingerprint density at radius 3 is 2.52 bits per heavy atom. The largest absolute Gasteiger partial charge is 0.478 e. The number of carboxylic acid groups (broad SMARTS) is 1. The van der Waals surface area contributed by atoms with Crippen LogP contribution in [0.5, 0.6) is 0 Å². The van der Waals surface area contributed by atoms with E-state index in [9.17, 15) is 14.9 Å². The van der Waals surface area contributed by atoms with Gasteiger partial charge in [0.25, 0.3) is 5.69 Å². The number of unbranched alkanes of at least 4 members (excludes halogenated alkanes) is 5. The third kappa shape index (κ3) is 5.38. The first-order chi connectivity index (χ1) is 10.1. The second-order valence-corrected chi connectivity index (χ2v) is 4.96. The minimum absolute atomic E-state index is 0.0378. The zero-order valence-electron chi connectivity index (χ0n) is 12.1. The first-order valence-corrected chi connectivity index (χ1v) is 7.18. The molecule has 114 valence electrons. The number of nitrogens with zero attached hydrogens (tertiary/aromatic N) is 1. The van der Waals surface area contributed by atoms with Crippen LogP contribution in [0.2, 0.25) is 0 Å². The Labute approximate surface area is 124 Å². The summed E-state index contributed by atoms with van der Waals surface area (Å²) in [6, 6.07) is 4.21. The second-order valence-electron chi connectivity index (χ2n) is 4.96. The van der Waals surface area contributed by atoms with Crippen molar-refractivity contribution < 1.29 is 14.8 Å². The molecule has 0 heterocycles. The minimum atomic E-state index is -1.11. The van der Waals surface area contributed by atoms with Gasteiger partial charge in [-0.1, -0.05) is 31.4 Å². The fourth-order valence-electron chi connectivity index (χ4n) is 2.33. The van der Waals surface area contributed by atoms with Gasteiger partial charge < -0.3 is 5.11 Å². The van der Waals surface area contributed by atoms with E-state index in [2.05, 4.69) is 6.58 Å². The van der Waals surface area contributed by atoms with Gasteiger partial charge in [-0.25, -0.2) is 4.79 Å². The summed E-state index contributed by atoms with van der Waals surface area (Å²) >= 11 is 0. The second kappa shape index (κ2) is 8.89. The number of hydrogen-bond donors (Lipinski definition) is 1. The fourth-order valence-corrected chi connectivity index (χ4v) is 2.33. The van der Waals surface area contributed by atoms with E-state index >= 15 is 0 Å². The van der Waals surface area contributed by atoms with E-state index in [1.165, 1.54) is 18.2 Å². The molecule has 0 aliphatic carbocycles. The highest BCUT2D eigenvalue weighted by molar-refractivity contribution is 5.90. The molecule has 5 heteroatoms. The Kier molecular flexibility index (Phi) is 7.15. The molecule has 1 rings (SSSR count). The lowest BCUT2D eigenvalue weighted by Crippen LogP contribution is -2.06. The van der Waals surface area contributed by atoms with Crippen LogP contribution in [0.4, 0.5) is 5.69 Å². The lowest BCUT2D eigenvalue weighted by atomic mass is 9.98. The van der Waals surface area contributed by atoms with Crippen LogP contribution in [0.25, 0.3) is 0 Å². The number of hydrogen-bond acceptors (Lipinski definition) is 3. The van der Waals surface area contributed by atoms with Crippen LogP contribution >= 0.6 is 0 Å². The Bertz CT molecular complexity index is 479. The van der Waals surface area contributed by atoms with E-state index in [-0.39, 0.29) is 11.3 Å². The zero-order chi connectivity index (χ0) is 15.7. The molecule has 0 fully saturated rings. The van der Waals surface area contributed by atoms with Gasteiger partial charge >= 0.3 is 5.97 Å². The molecule has 1 aromatic carbocycles. The van der Waals surface area contributed by atoms with Gasteiger partial charge in [-0.15, -0.1) is 6.58 Å². The maximum absolute atomic E-state index is 11.2. The summed E-state index contributed by atoms with van der Waals surface area (Å²) in [5.41, 5.74) is 0.276. The van der Waals surface area contributed by atoms with E-state index in [4.69, 9.17) is 5.11 Å². The monoisotopic (exact) mass is 291 g/mol. The van der Waals surface area contributed by atoms with E-state index in [0.29, 0.717) is 12.0 Å². The van der Waals surface area contributed by atoms with Gasteiger partial charge in [0.1, 0.15) is 0 Å². The van der Waals surface area contributed by atoms with E-state index in [1.54, 1.807) is 0 Å². The number of rotatable bonds is 10. The number of nitro groups is 1. The van der Waals surface area contributed by atoms with Crippen molar-refractivity contribution >= 4 is 11.7 Å². The summed E-state index contributed by atoms with van der Waals surface area (Å²) in [7, 11) is 0. The summed E-state index contributed by atoms with van der Waals surface area (Å²) in [5, 5.41) is 20.1. The summed E-state index contributed by atoms with van der Waals surface area (Å²) in [6.45, 7) is 3.67. The molecule has 0 unspecified atom stereocenters. The number of carboxylic acids is 1. The highest BCUT2D eigenvalue weighted by atomic mass is 16.6. The summed E-state index contributed by atoms with van der Waals surface area (Å²) in [5.74, 6) is -1.11. The smallest absolute Gasteiger partial charge is 0.336 e. The SMILES string of the molecule is C=CCCCCCCCc1c(C(=O)O)cccc1[N+](=O)[O-]. The highest BCUT2D eigenvalue weighted by Crippen LogP contribution is 2.25. The third-order valence-electron chi connectivity index (χ3n) is 3.41. The molecule has 0 saturated heterocycles. The van der Waals surface area contributed by atoms with E-state index in [1.807, 2.05) is 6.08 Å². The first-order valence-electron chi connectivity index (χ1n) is 7.18. The predicted molar refractivity (Wildman–Crippen MR) is 81.7 cm³/mol. The fraction of sp³-hybridized carbons (Fsp3) is 0.438. The standard InChI is InChI=1S/C16H21NO4/c1-2-3-4-5-6-7-8-10-13-14(16(18)19)11-9-12-15(13)17(20)21/h2,9,11-12H,1,3-8,10H2,(H,18,19). The van der Waals surface area contributed by atoms with Crippen LogP contribution in [-0.4, -0.2) is 16.0 Å². The molecule has 0 radical (unpaired) electrons. The molecule has 0 amide bonds. The van der Waals surface area contributed by atoms with Crippen molar-refractivity contribution in [2.45, 2.75) is 44.9 Å². The van der Waals surface area contributed by atoms with Crippen molar-refractivity contribution in [2.75, 3.05) is 0 Å². The molecule has 0 spiro atoms. The highest BCUT2D eigenvalue weighted by Gasteiger charge is 2.20. The van der Waals surface area contributed by atoms with Gasteiger partial charge in [0.05, 0.1) is 10.5 Å². The normalized spacial score (nSPS) is 10.3. The van der Waals surface area contributed by atoms with E-state index in [0.717, 1.165) is 38.5 Å². The summed E-state index contributed by atoms with van der Waals surface area (Å²) < 4.78 is 0. The van der Waals surface area contributed by atoms with Crippen LogP contribution in [0.3, 0.4) is 0 Å². The number of benzene rings is 1. The number of carbonyl (C=O) groups is 1. The van der Waals surface area contributed by atoms with Crippen molar-refractivity contribution in [2.24, 2.45) is 0 Å². The number of allylic oxidation sites excluding steroid dienone is 1. The summed E-state index contributed by atoms with van der Waals surface area (Å²) in [4.78, 5) is 21.7. The van der Waals surface area contributed by atoms with Crippen LogP contribution in [0, 0.1) is 10.1 Å². The minimum Gasteiger partial charge on any atom is -0.478 e. The van der Waals surface area contributed by atoms with Crippen molar-refractivity contribution in [1.29, 1.82) is 0 Å².